The predicted octanol–water partition coefficient (Wildman–Crippen LogP) is 11.7. The second kappa shape index (κ2) is 11.7. The lowest BCUT2D eigenvalue weighted by Crippen LogP contribution is -2.00. The summed E-state index contributed by atoms with van der Waals surface area (Å²) in [6, 6.07) is 26.5. The Kier molecular flexibility index (Phi) is 4.41. The molecule has 8 aromatic carbocycles. The third-order valence-corrected chi connectivity index (χ3v) is 8.25. The maximum Gasteiger partial charge on any atom is 0.164 e. The molecule has 0 aliphatic carbocycles. The quantitative estimate of drug-likeness (QED) is 0.191. The van der Waals surface area contributed by atoms with Gasteiger partial charge in [0.25, 0.3) is 0 Å². The first kappa shape index (κ1) is 18.0. The van der Waals surface area contributed by atoms with Crippen molar-refractivity contribution in [2.45, 2.75) is 0 Å². The number of benzene rings is 8. The summed E-state index contributed by atoms with van der Waals surface area (Å²) in [5.41, 5.74) is 2.90. The fraction of sp³-hybridized carbons (Fsp3) is 0. The molecule has 0 saturated heterocycles. The lowest BCUT2D eigenvalue weighted by atomic mass is 9.97. The first-order chi connectivity index (χ1) is 28.7. The molecule has 0 amide bonds. The van der Waals surface area contributed by atoms with E-state index in [2.05, 4.69) is 0 Å². The number of hydrogen-bond acceptors (Lipinski definition) is 3. The highest BCUT2D eigenvalue weighted by molar-refractivity contribution is 5.97. The van der Waals surface area contributed by atoms with E-state index in [1.54, 1.807) is 36.4 Å². The minimum atomic E-state index is -0.528. The number of fused-ring (bicyclic) bond motifs is 3. The van der Waals surface area contributed by atoms with Crippen molar-refractivity contribution in [3.8, 4) is 56.4 Å². The molecule has 0 unspecified atom stereocenters. The maximum absolute atomic E-state index is 8.91. The second-order valence-corrected chi connectivity index (χ2v) is 11.2. The molecule has 0 aliphatic heterocycles. The van der Waals surface area contributed by atoms with Gasteiger partial charge in [-0.15, -0.1) is 0 Å². The molecule has 3 heteroatoms. The van der Waals surface area contributed by atoms with E-state index in [-0.39, 0.29) is 45.9 Å². The summed E-state index contributed by atoms with van der Waals surface area (Å²) in [7, 11) is 0. The molecular weight excluding hydrogens is 583 g/mol. The molecule has 3 nitrogen and oxygen atoms in total. The van der Waals surface area contributed by atoms with Crippen LogP contribution in [0.15, 0.2) is 176 Å². The van der Waals surface area contributed by atoms with Gasteiger partial charge in [-0.05, 0) is 78.8 Å². The molecule has 1 heterocycles. The van der Waals surface area contributed by atoms with E-state index in [1.165, 1.54) is 0 Å². The molecule has 0 spiro atoms. The Bertz CT molecular complexity index is 3280. The molecule has 0 bridgehead atoms. The van der Waals surface area contributed by atoms with Crippen molar-refractivity contribution in [1.29, 1.82) is 0 Å². The van der Waals surface area contributed by atoms with Crippen LogP contribution >= 0.6 is 0 Å². The van der Waals surface area contributed by atoms with Crippen molar-refractivity contribution in [1.82, 2.24) is 15.0 Å². The lowest BCUT2D eigenvalue weighted by molar-refractivity contribution is 1.08. The minimum absolute atomic E-state index is 0.0248. The molecule has 224 valence electrons. The lowest BCUT2D eigenvalue weighted by Gasteiger charge is -2.12. The number of nitrogens with zero attached hydrogens (tertiary/aromatic N) is 3. The van der Waals surface area contributed by atoms with Crippen LogP contribution in [0.25, 0.3) is 88.7 Å². The van der Waals surface area contributed by atoms with Crippen LogP contribution in [-0.4, -0.2) is 15.0 Å². The van der Waals surface area contributed by atoms with Gasteiger partial charge in [0.05, 0.1) is 16.4 Å². The first-order valence-corrected chi connectivity index (χ1v) is 15.2. The highest BCUT2D eigenvalue weighted by Gasteiger charge is 2.15. The van der Waals surface area contributed by atoms with E-state index in [1.807, 2.05) is 66.7 Å². The second-order valence-electron chi connectivity index (χ2n) is 11.2. The van der Waals surface area contributed by atoms with E-state index in [4.69, 9.17) is 31.4 Å². The first-order valence-electron chi connectivity index (χ1n) is 21.2. The van der Waals surface area contributed by atoms with E-state index in [9.17, 15) is 0 Å². The average molecular weight is 624 g/mol. The third kappa shape index (κ3) is 5.18. The van der Waals surface area contributed by atoms with Crippen LogP contribution in [-0.2, 0) is 0 Å². The standard InChI is InChI=1S/C45H29N3/c1-2-10-30(11-3-1)34-21-22-36-28-40(25-23-35(36)26-34)45-47-43(46-44(48-45)39-24-20-31-12-4-5-14-33(31)27-39)38-17-8-16-37(29-38)42-19-9-15-32-13-6-7-18-41(32)42/h1-29H/i1D,2D,3D,6D,7D,9D,10D,11D,13D,15D,18D,19D. The Labute approximate surface area is 295 Å². The Morgan fingerprint density at radius 2 is 0.875 bits per heavy atom. The van der Waals surface area contributed by atoms with E-state index < -0.39 is 54.4 Å². The summed E-state index contributed by atoms with van der Waals surface area (Å²) in [4.78, 5) is 14.8. The largest absolute Gasteiger partial charge is 0.208 e. The maximum atomic E-state index is 8.91. The number of rotatable bonds is 5. The molecule has 0 atom stereocenters. The van der Waals surface area contributed by atoms with Crippen molar-refractivity contribution in [2.75, 3.05) is 0 Å². The summed E-state index contributed by atoms with van der Waals surface area (Å²) in [6.45, 7) is 0. The van der Waals surface area contributed by atoms with Crippen molar-refractivity contribution in [3.05, 3.63) is 176 Å². The van der Waals surface area contributed by atoms with Gasteiger partial charge >= 0.3 is 0 Å². The molecule has 9 rings (SSSR count). The van der Waals surface area contributed by atoms with Crippen LogP contribution in [0.5, 0.6) is 0 Å². The smallest absolute Gasteiger partial charge is 0.164 e. The van der Waals surface area contributed by atoms with Gasteiger partial charge in [-0.25, -0.2) is 15.0 Å². The van der Waals surface area contributed by atoms with Crippen LogP contribution in [0.2, 0.25) is 0 Å². The van der Waals surface area contributed by atoms with Crippen molar-refractivity contribution in [2.24, 2.45) is 0 Å². The normalized spacial score (nSPS) is 14.8. The van der Waals surface area contributed by atoms with E-state index >= 15 is 0 Å². The van der Waals surface area contributed by atoms with Crippen LogP contribution in [0.4, 0.5) is 0 Å². The predicted molar refractivity (Wildman–Crippen MR) is 200 cm³/mol. The van der Waals surface area contributed by atoms with Gasteiger partial charge in [-0.3, -0.25) is 0 Å². The highest BCUT2D eigenvalue weighted by atomic mass is 15.0. The summed E-state index contributed by atoms with van der Waals surface area (Å²) in [5, 5.41) is 3.38. The van der Waals surface area contributed by atoms with Gasteiger partial charge in [-0.2, -0.15) is 0 Å². The molecule has 0 fully saturated rings. The van der Waals surface area contributed by atoms with Gasteiger partial charge in [0.2, 0.25) is 0 Å². The summed E-state index contributed by atoms with van der Waals surface area (Å²) in [6.07, 6.45) is 0. The molecule has 0 aliphatic rings. The third-order valence-electron chi connectivity index (χ3n) is 8.25. The van der Waals surface area contributed by atoms with E-state index in [0.29, 0.717) is 33.9 Å². The molecule has 48 heavy (non-hydrogen) atoms. The van der Waals surface area contributed by atoms with Crippen molar-refractivity contribution < 1.29 is 16.4 Å². The molecule has 0 saturated carbocycles. The number of hydrogen-bond donors (Lipinski definition) is 0. The monoisotopic (exact) mass is 623 g/mol. The van der Waals surface area contributed by atoms with Gasteiger partial charge < -0.3 is 0 Å². The molecule has 1 aromatic heterocycles. The zero-order valence-electron chi connectivity index (χ0n) is 37.2. The van der Waals surface area contributed by atoms with Gasteiger partial charge in [0, 0.05) is 16.7 Å². The van der Waals surface area contributed by atoms with Crippen molar-refractivity contribution >= 4 is 32.3 Å². The zero-order valence-corrected chi connectivity index (χ0v) is 25.2. The van der Waals surface area contributed by atoms with Gasteiger partial charge in [0.1, 0.15) is 0 Å². The Morgan fingerprint density at radius 1 is 0.333 bits per heavy atom. The van der Waals surface area contributed by atoms with Gasteiger partial charge in [0.15, 0.2) is 17.5 Å². The highest BCUT2D eigenvalue weighted by Crippen LogP contribution is 2.33. The number of aromatic nitrogens is 3. The zero-order chi connectivity index (χ0) is 42.3. The fourth-order valence-corrected chi connectivity index (χ4v) is 5.87. The molecule has 0 N–H and O–H groups in total. The molecule has 9 aromatic rings. The molecular formula is C45H29N3. The van der Waals surface area contributed by atoms with Gasteiger partial charge in [-0.1, -0.05) is 151 Å². The Hall–Kier alpha value is -6.45. The SMILES string of the molecule is [2H]c1c([2H])c([2H])c(-c2ccc3cc(-c4nc(-c5cccc(-c6c([2H])c([2H])c([2H])c7c([2H])c([2H])c([2H])c([2H])c67)c5)nc(-c5ccc6ccccc6c5)n4)ccc3c2)c([2H])c1[2H]. The van der Waals surface area contributed by atoms with Crippen LogP contribution in [0.1, 0.15) is 16.4 Å². The minimum Gasteiger partial charge on any atom is -0.208 e. The van der Waals surface area contributed by atoms with E-state index in [0.717, 1.165) is 27.1 Å². The average Bonchev–Trinajstić information content (AvgIpc) is 3.27. The Morgan fingerprint density at radius 3 is 1.62 bits per heavy atom. The summed E-state index contributed by atoms with van der Waals surface area (Å²) < 4.78 is 101. The van der Waals surface area contributed by atoms with Crippen LogP contribution < -0.4 is 0 Å². The van der Waals surface area contributed by atoms with Crippen LogP contribution in [0, 0.1) is 0 Å². The Balaban J connectivity index is 1.22. The fourth-order valence-electron chi connectivity index (χ4n) is 5.87. The molecule has 0 radical (unpaired) electrons. The summed E-state index contributed by atoms with van der Waals surface area (Å²) in [5.74, 6) is 0.969. The van der Waals surface area contributed by atoms with Crippen LogP contribution in [0.3, 0.4) is 0 Å². The summed E-state index contributed by atoms with van der Waals surface area (Å²) >= 11 is 0. The van der Waals surface area contributed by atoms with Crippen molar-refractivity contribution in [3.63, 3.8) is 0 Å². The topological polar surface area (TPSA) is 38.7 Å².